The Kier molecular flexibility index (Phi) is 5.13. The number of nitrogens with zero attached hydrogens (tertiary/aromatic N) is 3. The number of pyridine rings is 1. The first-order valence-electron chi connectivity index (χ1n) is 8.35. The van der Waals surface area contributed by atoms with Crippen LogP contribution in [-0.2, 0) is 0 Å². The van der Waals surface area contributed by atoms with Gasteiger partial charge in [0.1, 0.15) is 5.75 Å². The fourth-order valence-electron chi connectivity index (χ4n) is 3.44. The lowest BCUT2D eigenvalue weighted by molar-refractivity contribution is 0.180. The summed E-state index contributed by atoms with van der Waals surface area (Å²) in [5.41, 5.74) is 2.52. The van der Waals surface area contributed by atoms with Gasteiger partial charge >= 0.3 is 0 Å². The quantitative estimate of drug-likeness (QED) is 0.846. The molecule has 0 amide bonds. The molecule has 2 aromatic rings. The van der Waals surface area contributed by atoms with Crippen molar-refractivity contribution in [1.29, 1.82) is 0 Å². The number of rotatable bonds is 5. The van der Waals surface area contributed by atoms with Crippen LogP contribution in [0.1, 0.15) is 24.9 Å². The summed E-state index contributed by atoms with van der Waals surface area (Å²) in [7, 11) is 1.74. The van der Waals surface area contributed by atoms with E-state index in [1.807, 2.05) is 30.6 Å². The molecule has 122 valence electrons. The zero-order valence-corrected chi connectivity index (χ0v) is 14.0. The van der Waals surface area contributed by atoms with Gasteiger partial charge in [-0.15, -0.1) is 0 Å². The summed E-state index contributed by atoms with van der Waals surface area (Å²) >= 11 is 0. The van der Waals surface area contributed by atoms with Crippen molar-refractivity contribution in [2.45, 2.75) is 19.4 Å². The van der Waals surface area contributed by atoms with Gasteiger partial charge in [0, 0.05) is 44.6 Å². The van der Waals surface area contributed by atoms with E-state index in [1.54, 1.807) is 7.11 Å². The number of ether oxygens (including phenoxy) is 1. The summed E-state index contributed by atoms with van der Waals surface area (Å²) in [6.07, 6.45) is 4.96. The van der Waals surface area contributed by atoms with Crippen molar-refractivity contribution in [3.8, 4) is 5.75 Å². The first-order valence-corrected chi connectivity index (χ1v) is 8.35. The largest absolute Gasteiger partial charge is 0.495 e. The highest BCUT2D eigenvalue weighted by molar-refractivity contribution is 5.58. The molecular formula is C19H25N3O. The number of hydrogen-bond acceptors (Lipinski definition) is 4. The maximum atomic E-state index is 5.50. The van der Waals surface area contributed by atoms with Crippen LogP contribution < -0.4 is 9.64 Å². The molecule has 0 spiro atoms. The molecule has 23 heavy (non-hydrogen) atoms. The van der Waals surface area contributed by atoms with E-state index in [0.717, 1.165) is 38.3 Å². The van der Waals surface area contributed by atoms with Gasteiger partial charge in [0.2, 0.25) is 0 Å². The van der Waals surface area contributed by atoms with Gasteiger partial charge in [0.25, 0.3) is 0 Å². The van der Waals surface area contributed by atoms with E-state index in [1.165, 1.54) is 11.3 Å². The zero-order chi connectivity index (χ0) is 16.1. The lowest BCUT2D eigenvalue weighted by atomic mass is 10.0. The molecule has 3 rings (SSSR count). The number of piperazine rings is 1. The highest BCUT2D eigenvalue weighted by atomic mass is 16.5. The highest BCUT2D eigenvalue weighted by Crippen LogP contribution is 2.30. The van der Waals surface area contributed by atoms with Crippen LogP contribution in [0.3, 0.4) is 0 Å². The fourth-order valence-corrected chi connectivity index (χ4v) is 3.44. The standard InChI is InChI=1S/C19H25N3O/c1-3-17(16-7-6-10-20-15-16)21-11-13-22(14-12-21)18-8-4-5-9-19(18)23-2/h4-10,15,17H,3,11-14H2,1-2H3. The molecule has 1 aliphatic rings. The second-order valence-corrected chi connectivity index (χ2v) is 5.91. The molecule has 0 N–H and O–H groups in total. The predicted molar refractivity (Wildman–Crippen MR) is 94.0 cm³/mol. The Balaban J connectivity index is 1.68. The molecule has 1 fully saturated rings. The van der Waals surface area contributed by atoms with Crippen molar-refractivity contribution in [3.63, 3.8) is 0 Å². The van der Waals surface area contributed by atoms with E-state index >= 15 is 0 Å². The summed E-state index contributed by atoms with van der Waals surface area (Å²) < 4.78 is 5.50. The fraction of sp³-hybridized carbons (Fsp3) is 0.421. The minimum atomic E-state index is 0.462. The van der Waals surface area contributed by atoms with Crippen molar-refractivity contribution < 1.29 is 4.74 Å². The Bertz CT molecular complexity index is 609. The lowest BCUT2D eigenvalue weighted by Crippen LogP contribution is -2.47. The van der Waals surface area contributed by atoms with Crippen molar-refractivity contribution in [1.82, 2.24) is 9.88 Å². The van der Waals surface area contributed by atoms with Crippen LogP contribution >= 0.6 is 0 Å². The van der Waals surface area contributed by atoms with E-state index in [4.69, 9.17) is 4.74 Å². The third kappa shape index (κ3) is 3.48. The molecule has 1 atom stereocenters. The molecule has 0 radical (unpaired) electrons. The first-order chi connectivity index (χ1) is 11.3. The van der Waals surface area contributed by atoms with Gasteiger partial charge in [-0.3, -0.25) is 9.88 Å². The molecule has 4 nitrogen and oxygen atoms in total. The van der Waals surface area contributed by atoms with Crippen molar-refractivity contribution in [2.75, 3.05) is 38.2 Å². The normalized spacial score (nSPS) is 17.0. The van der Waals surface area contributed by atoms with Crippen LogP contribution in [0.25, 0.3) is 0 Å². The second-order valence-electron chi connectivity index (χ2n) is 5.91. The molecule has 2 heterocycles. The van der Waals surface area contributed by atoms with Crippen LogP contribution in [-0.4, -0.2) is 43.2 Å². The monoisotopic (exact) mass is 311 g/mol. The highest BCUT2D eigenvalue weighted by Gasteiger charge is 2.25. The van der Waals surface area contributed by atoms with E-state index in [0.29, 0.717) is 6.04 Å². The predicted octanol–water partition coefficient (Wildman–Crippen LogP) is 3.36. The molecule has 0 aliphatic carbocycles. The van der Waals surface area contributed by atoms with E-state index in [2.05, 4.69) is 39.9 Å². The number of aromatic nitrogens is 1. The summed E-state index contributed by atoms with van der Waals surface area (Å²) in [5.74, 6) is 0.959. The zero-order valence-electron chi connectivity index (χ0n) is 14.0. The smallest absolute Gasteiger partial charge is 0.142 e. The second kappa shape index (κ2) is 7.47. The van der Waals surface area contributed by atoms with Crippen LogP contribution in [0.5, 0.6) is 5.75 Å². The van der Waals surface area contributed by atoms with Gasteiger partial charge in [0.05, 0.1) is 12.8 Å². The molecule has 0 bridgehead atoms. The number of benzene rings is 1. The SMILES string of the molecule is CCC(c1cccnc1)N1CCN(c2ccccc2OC)CC1. The Hall–Kier alpha value is -2.07. The van der Waals surface area contributed by atoms with Crippen molar-refractivity contribution in [2.24, 2.45) is 0 Å². The molecule has 0 saturated carbocycles. The topological polar surface area (TPSA) is 28.6 Å². The maximum absolute atomic E-state index is 5.50. The van der Waals surface area contributed by atoms with E-state index < -0.39 is 0 Å². The Morgan fingerprint density at radius 1 is 1.09 bits per heavy atom. The van der Waals surface area contributed by atoms with E-state index in [-0.39, 0.29) is 0 Å². The van der Waals surface area contributed by atoms with Crippen molar-refractivity contribution in [3.05, 3.63) is 54.4 Å². The summed E-state index contributed by atoms with van der Waals surface area (Å²) in [4.78, 5) is 9.27. The molecule has 1 aliphatic heterocycles. The summed E-state index contributed by atoms with van der Waals surface area (Å²) in [5, 5.41) is 0. The Labute approximate surface area is 138 Å². The molecule has 1 aromatic heterocycles. The van der Waals surface area contributed by atoms with Gasteiger partial charge in [-0.25, -0.2) is 0 Å². The van der Waals surface area contributed by atoms with Gasteiger partial charge in [-0.2, -0.15) is 0 Å². The first kappa shape index (κ1) is 15.8. The maximum Gasteiger partial charge on any atom is 0.142 e. The number of hydrogen-bond donors (Lipinski definition) is 0. The van der Waals surface area contributed by atoms with Gasteiger partial charge in [-0.1, -0.05) is 25.1 Å². The Morgan fingerprint density at radius 3 is 2.52 bits per heavy atom. The number of methoxy groups -OCH3 is 1. The van der Waals surface area contributed by atoms with Gasteiger partial charge < -0.3 is 9.64 Å². The number of anilines is 1. The van der Waals surface area contributed by atoms with Crippen LogP contribution in [0, 0.1) is 0 Å². The van der Waals surface area contributed by atoms with Crippen molar-refractivity contribution >= 4 is 5.69 Å². The summed E-state index contributed by atoms with van der Waals surface area (Å²) in [6.45, 7) is 6.43. The molecule has 1 unspecified atom stereocenters. The molecule has 4 heteroatoms. The number of para-hydroxylation sites is 2. The molecule has 1 aromatic carbocycles. The van der Waals surface area contributed by atoms with Crippen LogP contribution in [0.15, 0.2) is 48.8 Å². The van der Waals surface area contributed by atoms with Crippen LogP contribution in [0.4, 0.5) is 5.69 Å². The Morgan fingerprint density at radius 2 is 1.87 bits per heavy atom. The average Bonchev–Trinajstić information content (AvgIpc) is 2.64. The minimum absolute atomic E-state index is 0.462. The minimum Gasteiger partial charge on any atom is -0.495 e. The van der Waals surface area contributed by atoms with E-state index in [9.17, 15) is 0 Å². The van der Waals surface area contributed by atoms with Crippen LogP contribution in [0.2, 0.25) is 0 Å². The van der Waals surface area contributed by atoms with Gasteiger partial charge in [-0.05, 0) is 30.2 Å². The third-order valence-corrected chi connectivity index (χ3v) is 4.64. The van der Waals surface area contributed by atoms with Gasteiger partial charge in [0.15, 0.2) is 0 Å². The third-order valence-electron chi connectivity index (χ3n) is 4.64. The average molecular weight is 311 g/mol. The molecular weight excluding hydrogens is 286 g/mol. The lowest BCUT2D eigenvalue weighted by Gasteiger charge is -2.40. The summed E-state index contributed by atoms with van der Waals surface area (Å²) in [6, 6.07) is 13.0. The molecule has 1 saturated heterocycles.